The molecule has 0 spiro atoms. The maximum atomic E-state index is 13.4. The summed E-state index contributed by atoms with van der Waals surface area (Å²) in [5.74, 6) is 0.0333. The molecular formula is C47H46N6O5. The van der Waals surface area contributed by atoms with Crippen LogP contribution in [-0.2, 0) is 46.2 Å². The molecule has 2 aromatic heterocycles. The minimum atomic E-state index is -0.913. The molecule has 2 heterocycles. The fourth-order valence-electron chi connectivity index (χ4n) is 7.18. The van der Waals surface area contributed by atoms with Gasteiger partial charge >= 0.3 is 11.9 Å². The zero-order valence-electron chi connectivity index (χ0n) is 33.1. The first-order valence-corrected chi connectivity index (χ1v) is 19.3. The molecule has 0 atom stereocenters. The third kappa shape index (κ3) is 7.81. The number of nitrogens with zero attached hydrogens (tertiary/aromatic N) is 6. The van der Waals surface area contributed by atoms with E-state index in [1.807, 2.05) is 115 Å². The van der Waals surface area contributed by atoms with Crippen LogP contribution in [0.4, 0.5) is 0 Å². The van der Waals surface area contributed by atoms with Crippen molar-refractivity contribution < 1.29 is 24.2 Å². The molecule has 0 fully saturated rings. The van der Waals surface area contributed by atoms with Crippen LogP contribution < -0.4 is 0 Å². The van der Waals surface area contributed by atoms with Crippen molar-refractivity contribution in [3.8, 4) is 22.5 Å². The first-order chi connectivity index (χ1) is 28.2. The summed E-state index contributed by atoms with van der Waals surface area (Å²) < 4.78 is 14.7. The van der Waals surface area contributed by atoms with Crippen LogP contribution in [0.1, 0.15) is 78.4 Å². The fraction of sp³-hybridized carbons (Fsp3) is 0.234. The zero-order chi connectivity index (χ0) is 40.7. The highest BCUT2D eigenvalue weighted by molar-refractivity contribution is 5.89. The predicted octanol–water partition coefficient (Wildman–Crippen LogP) is 8.39. The molecule has 0 aliphatic heterocycles. The molecule has 58 heavy (non-hydrogen) atoms. The van der Waals surface area contributed by atoms with Gasteiger partial charge in [0.25, 0.3) is 0 Å². The molecule has 1 N–H and O–H groups in total. The molecule has 0 aliphatic rings. The van der Waals surface area contributed by atoms with Crippen LogP contribution in [0.5, 0.6) is 0 Å². The second-order valence-corrected chi connectivity index (χ2v) is 15.0. The highest BCUT2D eigenvalue weighted by Gasteiger charge is 2.42. The van der Waals surface area contributed by atoms with Gasteiger partial charge in [0.15, 0.2) is 18.2 Å². The lowest BCUT2D eigenvalue weighted by Gasteiger charge is -2.36. The maximum Gasteiger partial charge on any atom is 0.359 e. The van der Waals surface area contributed by atoms with Crippen LogP contribution >= 0.6 is 0 Å². The Balaban J connectivity index is 1.18. The van der Waals surface area contributed by atoms with Gasteiger partial charge in [-0.2, -0.15) is 0 Å². The fourth-order valence-corrected chi connectivity index (χ4v) is 7.18. The van der Waals surface area contributed by atoms with Crippen molar-refractivity contribution in [1.82, 2.24) is 29.8 Å². The number of hydrogen-bond donors (Lipinski definition) is 1. The van der Waals surface area contributed by atoms with Crippen molar-refractivity contribution >= 4 is 11.9 Å². The molecule has 0 unspecified atom stereocenters. The van der Waals surface area contributed by atoms with E-state index in [1.54, 1.807) is 25.3 Å². The average Bonchev–Trinajstić information content (AvgIpc) is 3.88. The quantitative estimate of drug-likeness (QED) is 0.0854. The van der Waals surface area contributed by atoms with Crippen LogP contribution in [0.15, 0.2) is 140 Å². The Bertz CT molecular complexity index is 2380. The Kier molecular flexibility index (Phi) is 11.7. The summed E-state index contributed by atoms with van der Waals surface area (Å²) in [7, 11) is 0. The number of esters is 2. The average molecular weight is 775 g/mol. The number of benzene rings is 5. The van der Waals surface area contributed by atoms with Gasteiger partial charge in [0.05, 0.1) is 17.7 Å². The summed E-state index contributed by atoms with van der Waals surface area (Å²) in [5.41, 5.74) is 5.04. The number of aliphatic hydroxyl groups is 1. The lowest BCUT2D eigenvalue weighted by molar-refractivity contribution is -0.157. The molecule has 0 aliphatic carbocycles. The number of carbonyl (C=O) groups is 2. The monoisotopic (exact) mass is 774 g/mol. The normalized spacial score (nSPS) is 11.7. The number of tetrazole rings is 1. The van der Waals surface area contributed by atoms with E-state index < -0.39 is 29.5 Å². The zero-order valence-corrected chi connectivity index (χ0v) is 33.1. The Hall–Kier alpha value is -6.72. The van der Waals surface area contributed by atoms with Gasteiger partial charge in [0, 0.05) is 12.0 Å². The molecule has 294 valence electrons. The summed E-state index contributed by atoms with van der Waals surface area (Å²) >= 11 is 0. The largest absolute Gasteiger partial charge is 0.456 e. The van der Waals surface area contributed by atoms with E-state index in [4.69, 9.17) is 14.7 Å². The topological polar surface area (TPSA) is 134 Å². The van der Waals surface area contributed by atoms with Gasteiger partial charge in [-0.05, 0) is 71.0 Å². The molecule has 5 aromatic carbocycles. The van der Waals surface area contributed by atoms with Gasteiger partial charge in [-0.15, -0.1) is 5.10 Å². The predicted molar refractivity (Wildman–Crippen MR) is 220 cm³/mol. The smallest absolute Gasteiger partial charge is 0.359 e. The Morgan fingerprint density at radius 2 is 1.26 bits per heavy atom. The van der Waals surface area contributed by atoms with Crippen LogP contribution in [0.3, 0.4) is 0 Å². The van der Waals surface area contributed by atoms with Crippen LogP contribution in [-0.4, -0.2) is 46.8 Å². The van der Waals surface area contributed by atoms with Gasteiger partial charge < -0.3 is 14.6 Å². The molecule has 0 bridgehead atoms. The maximum absolute atomic E-state index is 13.4. The van der Waals surface area contributed by atoms with Crippen molar-refractivity contribution in [2.45, 2.75) is 66.0 Å². The molecule has 0 saturated carbocycles. The van der Waals surface area contributed by atoms with E-state index >= 15 is 0 Å². The van der Waals surface area contributed by atoms with Crippen molar-refractivity contribution in [2.24, 2.45) is 5.41 Å². The summed E-state index contributed by atoms with van der Waals surface area (Å²) in [5, 5.41) is 24.0. The van der Waals surface area contributed by atoms with Crippen LogP contribution in [0, 0.1) is 5.41 Å². The standard InChI is InChI=1S/C47H46N6O5/c1-5-17-41-48-42(40(30-54)52(41)32-58-45(56)46(2,3)4)44(55)57-31-33-26-28-34(29-27-33)38-24-15-16-25-39(38)43-49-50-51-53(43)47(35-18-9-6-10-19-35,36-20-11-7-12-21-36)37-22-13-8-14-23-37/h6-16,18-29,54H,5,17,30-32H2,1-4H3. The Labute approximate surface area is 337 Å². The number of ether oxygens (including phenoxy) is 2. The second-order valence-electron chi connectivity index (χ2n) is 15.0. The minimum Gasteiger partial charge on any atom is -0.456 e. The molecule has 7 aromatic rings. The third-order valence-corrected chi connectivity index (χ3v) is 10.1. The highest BCUT2D eigenvalue weighted by atomic mass is 16.5. The van der Waals surface area contributed by atoms with Gasteiger partial charge in [-0.1, -0.05) is 146 Å². The number of aryl methyl sites for hydroxylation is 1. The van der Waals surface area contributed by atoms with E-state index in [0.717, 1.165) is 45.4 Å². The van der Waals surface area contributed by atoms with Crippen molar-refractivity contribution in [1.29, 1.82) is 0 Å². The lowest BCUT2D eigenvalue weighted by atomic mass is 9.77. The van der Waals surface area contributed by atoms with E-state index in [-0.39, 0.29) is 24.7 Å². The molecule has 11 nitrogen and oxygen atoms in total. The molecule has 0 saturated heterocycles. The van der Waals surface area contributed by atoms with E-state index in [2.05, 4.69) is 51.7 Å². The van der Waals surface area contributed by atoms with Gasteiger partial charge in [-0.25, -0.2) is 14.5 Å². The Morgan fingerprint density at radius 3 is 1.79 bits per heavy atom. The number of rotatable bonds is 14. The first kappa shape index (κ1) is 39.5. The van der Waals surface area contributed by atoms with E-state index in [1.165, 1.54) is 0 Å². The van der Waals surface area contributed by atoms with Crippen molar-refractivity contribution in [3.63, 3.8) is 0 Å². The van der Waals surface area contributed by atoms with E-state index in [9.17, 15) is 14.7 Å². The summed E-state index contributed by atoms with van der Waals surface area (Å²) in [6.45, 7) is 6.60. The lowest BCUT2D eigenvalue weighted by Crippen LogP contribution is -2.39. The summed E-state index contributed by atoms with van der Waals surface area (Å²) in [6.07, 6.45) is 1.26. The van der Waals surface area contributed by atoms with Crippen molar-refractivity contribution in [2.75, 3.05) is 0 Å². The third-order valence-electron chi connectivity index (χ3n) is 10.1. The Morgan fingerprint density at radius 1 is 0.707 bits per heavy atom. The van der Waals surface area contributed by atoms with Crippen LogP contribution in [0.2, 0.25) is 0 Å². The van der Waals surface area contributed by atoms with Gasteiger partial charge in [0.2, 0.25) is 0 Å². The molecule has 7 rings (SSSR count). The van der Waals surface area contributed by atoms with Gasteiger partial charge in [-0.3, -0.25) is 9.36 Å². The highest BCUT2D eigenvalue weighted by Crippen LogP contribution is 2.43. The molecule has 0 amide bonds. The number of carbonyl (C=O) groups excluding carboxylic acids is 2. The number of aromatic nitrogens is 6. The van der Waals surface area contributed by atoms with Crippen molar-refractivity contribution in [3.05, 3.63) is 179 Å². The minimum absolute atomic E-state index is 0.00129. The van der Waals surface area contributed by atoms with Gasteiger partial charge in [0.1, 0.15) is 18.0 Å². The first-order valence-electron chi connectivity index (χ1n) is 19.3. The van der Waals surface area contributed by atoms with E-state index in [0.29, 0.717) is 18.1 Å². The molecule has 11 heteroatoms. The summed E-state index contributed by atoms with van der Waals surface area (Å²) in [6, 6.07) is 46.6. The number of aliphatic hydroxyl groups excluding tert-OH is 1. The molecular weight excluding hydrogens is 729 g/mol. The number of imidazole rings is 1. The SMILES string of the molecule is CCCc1nc(C(=O)OCc2ccc(-c3ccccc3-c3nnnn3C(c3ccccc3)(c3ccccc3)c3ccccc3)cc2)c(CO)n1COC(=O)C(C)(C)C. The number of hydrogen-bond acceptors (Lipinski definition) is 9. The summed E-state index contributed by atoms with van der Waals surface area (Å²) in [4.78, 5) is 30.4. The molecule has 0 radical (unpaired) electrons. The van der Waals surface area contributed by atoms with Crippen LogP contribution in [0.25, 0.3) is 22.5 Å². The second kappa shape index (κ2) is 17.2.